The Kier molecular flexibility index (Phi) is 5.16. The molecule has 2 aromatic carbocycles. The summed E-state index contributed by atoms with van der Waals surface area (Å²) < 4.78 is 5.25. The Morgan fingerprint density at radius 3 is 2.49 bits per heavy atom. The number of aliphatic hydroxyl groups excluding tert-OH is 1. The van der Waals surface area contributed by atoms with E-state index in [1.807, 2.05) is 0 Å². The molecule has 2 atom stereocenters. The second kappa shape index (κ2) is 8.20. The van der Waals surface area contributed by atoms with Gasteiger partial charge in [0.05, 0.1) is 35.6 Å². The number of ether oxygens (including phenoxy) is 1. The summed E-state index contributed by atoms with van der Waals surface area (Å²) in [6.07, 6.45) is 1.33. The molecule has 6 rings (SSSR count). The van der Waals surface area contributed by atoms with Crippen LogP contribution in [0.1, 0.15) is 61.2 Å². The summed E-state index contributed by atoms with van der Waals surface area (Å²) in [6, 6.07) is 8.08. The number of fused-ring (bicyclic) bond motifs is 3. The Hall–Kier alpha value is -4.12. The van der Waals surface area contributed by atoms with Crippen LogP contribution in [-0.2, 0) is 12.0 Å². The van der Waals surface area contributed by atoms with Gasteiger partial charge in [0.15, 0.2) is 5.78 Å². The highest BCUT2D eigenvalue weighted by atomic mass is 32.1. The lowest BCUT2D eigenvalue weighted by Gasteiger charge is -2.37. The molecule has 0 spiro atoms. The van der Waals surface area contributed by atoms with E-state index in [-0.39, 0.29) is 52.1 Å². The molecule has 1 unspecified atom stereocenters. The zero-order valence-electron chi connectivity index (χ0n) is 19.4. The average molecular weight is 517 g/mol. The van der Waals surface area contributed by atoms with E-state index >= 15 is 0 Å². The normalized spacial score (nSPS) is 20.2. The van der Waals surface area contributed by atoms with Crippen molar-refractivity contribution in [3.63, 3.8) is 0 Å². The zero-order chi connectivity index (χ0) is 26.1. The van der Waals surface area contributed by atoms with Crippen molar-refractivity contribution in [2.75, 3.05) is 7.11 Å². The molecule has 10 heteroatoms. The van der Waals surface area contributed by atoms with Gasteiger partial charge in [0.1, 0.15) is 27.9 Å². The number of aromatic hydroxyl groups is 2. The van der Waals surface area contributed by atoms with Crippen molar-refractivity contribution in [3.05, 3.63) is 87.2 Å². The van der Waals surface area contributed by atoms with Gasteiger partial charge in [0, 0.05) is 52.9 Å². The van der Waals surface area contributed by atoms with Gasteiger partial charge in [-0.3, -0.25) is 14.6 Å². The van der Waals surface area contributed by atoms with Gasteiger partial charge in [-0.1, -0.05) is 12.1 Å². The van der Waals surface area contributed by atoms with Gasteiger partial charge in [0.25, 0.3) is 0 Å². The molecule has 4 N–H and O–H groups in total. The van der Waals surface area contributed by atoms with Gasteiger partial charge in [0.2, 0.25) is 5.78 Å². The van der Waals surface area contributed by atoms with Crippen LogP contribution in [0.5, 0.6) is 17.2 Å². The summed E-state index contributed by atoms with van der Waals surface area (Å²) in [5.74, 6) is -2.37. The summed E-state index contributed by atoms with van der Waals surface area (Å²) in [6.45, 7) is 0. The van der Waals surface area contributed by atoms with Gasteiger partial charge >= 0.3 is 0 Å². The van der Waals surface area contributed by atoms with Crippen LogP contribution in [0.15, 0.2) is 48.1 Å². The van der Waals surface area contributed by atoms with Gasteiger partial charge in [-0.15, -0.1) is 11.3 Å². The number of thiazole rings is 1. The maximum atomic E-state index is 13.4. The van der Waals surface area contributed by atoms with Crippen LogP contribution in [0.2, 0.25) is 0 Å². The van der Waals surface area contributed by atoms with Crippen LogP contribution in [-0.4, -0.2) is 49.1 Å². The van der Waals surface area contributed by atoms with Crippen molar-refractivity contribution >= 4 is 22.9 Å². The molecule has 0 radical (unpaired) electrons. The first-order chi connectivity index (χ1) is 17.7. The average Bonchev–Trinajstić information content (AvgIpc) is 3.40. The third-order valence-electron chi connectivity index (χ3n) is 7.00. The van der Waals surface area contributed by atoms with E-state index in [1.165, 1.54) is 30.6 Å². The van der Waals surface area contributed by atoms with Gasteiger partial charge in [-0.25, -0.2) is 4.98 Å². The molecule has 2 aliphatic carbocycles. The van der Waals surface area contributed by atoms with Crippen LogP contribution in [0.3, 0.4) is 0 Å². The lowest BCUT2D eigenvalue weighted by molar-refractivity contribution is -0.0307. The molecule has 0 fully saturated rings. The fraction of sp³-hybridized carbons (Fsp3) is 0.185. The van der Waals surface area contributed by atoms with Gasteiger partial charge in [-0.05, 0) is 18.2 Å². The van der Waals surface area contributed by atoms with Crippen LogP contribution in [0, 0.1) is 0 Å². The number of rotatable bonds is 3. The number of methoxy groups -OCH3 is 1. The number of hydrogen-bond acceptors (Lipinski definition) is 10. The maximum Gasteiger partial charge on any atom is 0.202 e. The summed E-state index contributed by atoms with van der Waals surface area (Å²) in [4.78, 5) is 35.4. The number of ketones is 2. The second-order valence-corrected chi connectivity index (χ2v) is 9.94. The maximum absolute atomic E-state index is 13.4. The minimum atomic E-state index is -1.70. The summed E-state index contributed by atoms with van der Waals surface area (Å²) >= 11 is 1.30. The standard InChI is InChI=1S/C27H20N2O7S/c1-36-16-4-2-3-13-19(16)25(34)21-20(22(13)31)23(32)14-9-27(35,10-15(30)18(14)24(21)33)17-11-37-26(29-17)12-5-7-28-8-6-12/h2-8,11,15,30,32-33,35H,9-10H2,1H3/t15?,27-/m0/s1. The topological polar surface area (TPSA) is 150 Å². The van der Waals surface area contributed by atoms with Crippen molar-refractivity contribution < 1.29 is 34.8 Å². The monoisotopic (exact) mass is 516 g/mol. The van der Waals surface area contributed by atoms with E-state index < -0.39 is 40.3 Å². The zero-order valence-corrected chi connectivity index (χ0v) is 20.2. The van der Waals surface area contributed by atoms with Gasteiger partial charge in [-0.2, -0.15) is 0 Å². The van der Waals surface area contributed by atoms with Crippen LogP contribution < -0.4 is 4.74 Å². The molecule has 0 bridgehead atoms. The molecule has 9 nitrogen and oxygen atoms in total. The van der Waals surface area contributed by atoms with Crippen LogP contribution in [0.25, 0.3) is 10.6 Å². The highest BCUT2D eigenvalue weighted by molar-refractivity contribution is 7.13. The van der Waals surface area contributed by atoms with Crippen molar-refractivity contribution in [1.82, 2.24) is 9.97 Å². The second-order valence-electron chi connectivity index (χ2n) is 9.08. The van der Waals surface area contributed by atoms with Crippen LogP contribution in [0.4, 0.5) is 0 Å². The first kappa shape index (κ1) is 23.3. The molecule has 37 heavy (non-hydrogen) atoms. The number of phenols is 2. The largest absolute Gasteiger partial charge is 0.507 e. The molecule has 0 saturated heterocycles. The summed E-state index contributed by atoms with van der Waals surface area (Å²) in [5, 5.41) is 47.4. The lowest BCUT2D eigenvalue weighted by Crippen LogP contribution is -2.36. The quantitative estimate of drug-likeness (QED) is 0.265. The molecule has 2 heterocycles. The number of aromatic nitrogens is 2. The number of aliphatic hydroxyl groups is 2. The Balaban J connectivity index is 1.49. The molecular weight excluding hydrogens is 496 g/mol. The van der Waals surface area contributed by atoms with Crippen molar-refractivity contribution in [1.29, 1.82) is 0 Å². The molecule has 0 amide bonds. The van der Waals surface area contributed by atoms with Crippen LogP contribution >= 0.6 is 11.3 Å². The van der Waals surface area contributed by atoms with Crippen molar-refractivity contribution in [2.24, 2.45) is 0 Å². The predicted molar refractivity (Wildman–Crippen MR) is 132 cm³/mol. The van der Waals surface area contributed by atoms with Crippen molar-refractivity contribution in [3.8, 4) is 27.8 Å². The summed E-state index contributed by atoms with van der Waals surface area (Å²) in [5.41, 5.74) is -1.47. The number of carbonyl (C=O) groups excluding carboxylic acids is 2. The van der Waals surface area contributed by atoms with E-state index in [1.54, 1.807) is 36.0 Å². The smallest absolute Gasteiger partial charge is 0.202 e. The molecular formula is C27H20N2O7S. The Morgan fingerprint density at radius 2 is 1.76 bits per heavy atom. The SMILES string of the molecule is COc1cccc2c1C(=O)c1c(O)c3c(c(O)c1C2=O)C[C@@](O)(c1csc(-c2ccncc2)n1)CC3O. The number of benzene rings is 2. The molecule has 186 valence electrons. The fourth-order valence-electron chi connectivity index (χ4n) is 5.25. The van der Waals surface area contributed by atoms with E-state index in [0.717, 1.165) is 5.56 Å². The molecule has 0 aliphatic heterocycles. The van der Waals surface area contributed by atoms with E-state index in [2.05, 4.69) is 9.97 Å². The summed E-state index contributed by atoms with van der Waals surface area (Å²) in [7, 11) is 1.36. The van der Waals surface area contributed by atoms with Crippen molar-refractivity contribution in [2.45, 2.75) is 24.5 Å². The minimum absolute atomic E-state index is 0.0107. The number of carbonyl (C=O) groups is 2. The highest BCUT2D eigenvalue weighted by Crippen LogP contribution is 2.52. The lowest BCUT2D eigenvalue weighted by atomic mass is 9.72. The molecule has 2 aromatic heterocycles. The molecule has 4 aromatic rings. The first-order valence-electron chi connectivity index (χ1n) is 11.4. The Labute approximate surface area is 214 Å². The Morgan fingerprint density at radius 1 is 1.03 bits per heavy atom. The Bertz CT molecular complexity index is 1610. The van der Waals surface area contributed by atoms with E-state index in [9.17, 15) is 30.0 Å². The van der Waals surface area contributed by atoms with Gasteiger partial charge < -0.3 is 25.2 Å². The highest BCUT2D eigenvalue weighted by Gasteiger charge is 2.47. The fourth-order valence-corrected chi connectivity index (χ4v) is 6.17. The molecule has 0 saturated carbocycles. The first-order valence-corrected chi connectivity index (χ1v) is 12.3. The minimum Gasteiger partial charge on any atom is -0.507 e. The molecule has 2 aliphatic rings. The van der Waals surface area contributed by atoms with E-state index in [4.69, 9.17) is 4.74 Å². The van der Waals surface area contributed by atoms with E-state index in [0.29, 0.717) is 5.01 Å². The number of hydrogen-bond donors (Lipinski definition) is 4. The number of pyridine rings is 1. The number of nitrogens with zero attached hydrogens (tertiary/aromatic N) is 2. The predicted octanol–water partition coefficient (Wildman–Crippen LogP) is 3.27. The third kappa shape index (κ3) is 3.30. The number of phenolic OH excluding ortho intramolecular Hbond substituents is 2. The third-order valence-corrected chi connectivity index (χ3v) is 7.89.